The normalized spacial score (nSPS) is 12.4. The molecular formula is C10H10BrClN4S. The van der Waals surface area contributed by atoms with Crippen LogP contribution in [0.4, 0.5) is 5.82 Å². The van der Waals surface area contributed by atoms with Crippen molar-refractivity contribution in [3.8, 4) is 0 Å². The van der Waals surface area contributed by atoms with Gasteiger partial charge in [0.2, 0.25) is 0 Å². The van der Waals surface area contributed by atoms with E-state index in [1.54, 1.807) is 11.3 Å². The number of hydrogen-bond acceptors (Lipinski definition) is 5. The van der Waals surface area contributed by atoms with Crippen LogP contribution in [0.2, 0.25) is 5.15 Å². The number of rotatable bonds is 4. The summed E-state index contributed by atoms with van der Waals surface area (Å²) in [7, 11) is 0. The molecule has 0 aromatic carbocycles. The topological polar surface area (TPSA) is 50.7 Å². The molecule has 0 saturated carbocycles. The van der Waals surface area contributed by atoms with Gasteiger partial charge in [0.15, 0.2) is 0 Å². The second kappa shape index (κ2) is 5.75. The number of aromatic nitrogens is 3. The van der Waals surface area contributed by atoms with Crippen LogP contribution < -0.4 is 5.32 Å². The van der Waals surface area contributed by atoms with E-state index < -0.39 is 0 Å². The molecule has 2 aromatic rings. The molecule has 0 radical (unpaired) electrons. The fourth-order valence-corrected chi connectivity index (χ4v) is 2.46. The minimum Gasteiger partial charge on any atom is -0.368 e. The van der Waals surface area contributed by atoms with E-state index >= 15 is 0 Å². The standard InChI is InChI=1S/C10H10BrClN4S/c1-6(10-13-2-3-17-10)4-14-9-7(11)8(12)15-5-16-9/h2-3,5-6H,4H2,1H3,(H,14,15,16). The SMILES string of the molecule is CC(CNc1ncnc(Cl)c1Br)c1nccs1. The maximum atomic E-state index is 5.88. The third-order valence-corrected chi connectivity index (χ3v) is 4.47. The number of halogens is 2. The monoisotopic (exact) mass is 332 g/mol. The molecule has 1 unspecified atom stereocenters. The van der Waals surface area contributed by atoms with Crippen LogP contribution in [0.15, 0.2) is 22.4 Å². The van der Waals surface area contributed by atoms with E-state index in [1.807, 2.05) is 11.6 Å². The smallest absolute Gasteiger partial charge is 0.148 e. The van der Waals surface area contributed by atoms with Crippen molar-refractivity contribution in [2.45, 2.75) is 12.8 Å². The lowest BCUT2D eigenvalue weighted by Gasteiger charge is -2.11. The summed E-state index contributed by atoms with van der Waals surface area (Å²) in [5, 5.41) is 6.71. The fraction of sp³-hybridized carbons (Fsp3) is 0.300. The van der Waals surface area contributed by atoms with Gasteiger partial charge in [-0.25, -0.2) is 15.0 Å². The highest BCUT2D eigenvalue weighted by Gasteiger charge is 2.11. The van der Waals surface area contributed by atoms with Crippen molar-refractivity contribution in [1.29, 1.82) is 0 Å². The van der Waals surface area contributed by atoms with Gasteiger partial charge in [-0.15, -0.1) is 11.3 Å². The van der Waals surface area contributed by atoms with Crippen molar-refractivity contribution >= 4 is 44.7 Å². The Morgan fingerprint density at radius 2 is 2.29 bits per heavy atom. The number of nitrogens with zero attached hydrogens (tertiary/aromatic N) is 3. The summed E-state index contributed by atoms with van der Waals surface area (Å²) in [4.78, 5) is 12.3. The van der Waals surface area contributed by atoms with E-state index in [0.29, 0.717) is 21.4 Å². The Labute approximate surface area is 117 Å². The molecule has 0 aliphatic carbocycles. The summed E-state index contributed by atoms with van der Waals surface area (Å²) in [6.45, 7) is 2.86. The maximum Gasteiger partial charge on any atom is 0.148 e. The molecule has 0 amide bonds. The number of hydrogen-bond donors (Lipinski definition) is 1. The lowest BCUT2D eigenvalue weighted by Crippen LogP contribution is -2.11. The molecule has 7 heteroatoms. The Balaban J connectivity index is 2.00. The average Bonchev–Trinajstić information content (AvgIpc) is 2.84. The van der Waals surface area contributed by atoms with Gasteiger partial charge < -0.3 is 5.32 Å². The molecule has 1 atom stereocenters. The van der Waals surface area contributed by atoms with E-state index in [0.717, 1.165) is 11.6 Å². The van der Waals surface area contributed by atoms with Crippen molar-refractivity contribution in [3.05, 3.63) is 32.5 Å². The zero-order chi connectivity index (χ0) is 12.3. The van der Waals surface area contributed by atoms with Gasteiger partial charge in [-0.05, 0) is 15.9 Å². The Morgan fingerprint density at radius 3 is 3.00 bits per heavy atom. The zero-order valence-corrected chi connectivity index (χ0v) is 12.2. The van der Waals surface area contributed by atoms with Gasteiger partial charge in [0, 0.05) is 24.0 Å². The average molecular weight is 334 g/mol. The van der Waals surface area contributed by atoms with Gasteiger partial charge in [0.25, 0.3) is 0 Å². The first-order valence-electron chi connectivity index (χ1n) is 4.97. The van der Waals surface area contributed by atoms with Crippen LogP contribution in [-0.4, -0.2) is 21.5 Å². The molecule has 0 bridgehead atoms. The second-order valence-corrected chi connectivity index (χ2v) is 5.56. The van der Waals surface area contributed by atoms with Gasteiger partial charge >= 0.3 is 0 Å². The first kappa shape index (κ1) is 12.7. The molecule has 0 saturated heterocycles. The molecule has 90 valence electrons. The first-order chi connectivity index (χ1) is 8.18. The van der Waals surface area contributed by atoms with Gasteiger partial charge in [0.05, 0.1) is 9.48 Å². The summed E-state index contributed by atoms with van der Waals surface area (Å²) in [6.07, 6.45) is 3.25. The van der Waals surface area contributed by atoms with Crippen molar-refractivity contribution < 1.29 is 0 Å². The van der Waals surface area contributed by atoms with Gasteiger partial charge in [0.1, 0.15) is 17.3 Å². The number of nitrogens with one attached hydrogen (secondary N) is 1. The minimum absolute atomic E-state index is 0.329. The molecule has 2 aromatic heterocycles. The predicted molar refractivity (Wildman–Crippen MR) is 73.8 cm³/mol. The van der Waals surface area contributed by atoms with Crippen LogP contribution in [0.3, 0.4) is 0 Å². The maximum absolute atomic E-state index is 5.88. The molecule has 17 heavy (non-hydrogen) atoms. The van der Waals surface area contributed by atoms with Crippen molar-refractivity contribution in [1.82, 2.24) is 15.0 Å². The summed E-state index contributed by atoms with van der Waals surface area (Å²) < 4.78 is 0.688. The Morgan fingerprint density at radius 1 is 1.47 bits per heavy atom. The van der Waals surface area contributed by atoms with Crippen LogP contribution in [0.5, 0.6) is 0 Å². The number of anilines is 1. The summed E-state index contributed by atoms with van der Waals surface area (Å²) in [5.74, 6) is 1.03. The Bertz CT molecular complexity index is 491. The van der Waals surface area contributed by atoms with E-state index in [-0.39, 0.29) is 0 Å². The predicted octanol–water partition coefficient (Wildman–Crippen LogP) is 3.56. The quantitative estimate of drug-likeness (QED) is 0.869. The van der Waals surface area contributed by atoms with Crippen LogP contribution >= 0.6 is 38.9 Å². The van der Waals surface area contributed by atoms with E-state index in [2.05, 4.69) is 43.1 Å². The zero-order valence-electron chi connectivity index (χ0n) is 9.02. The molecule has 0 aliphatic rings. The molecule has 0 fully saturated rings. The molecule has 1 N–H and O–H groups in total. The van der Waals surface area contributed by atoms with Crippen molar-refractivity contribution in [3.63, 3.8) is 0 Å². The summed E-state index contributed by atoms with van der Waals surface area (Å²) >= 11 is 10.9. The lowest BCUT2D eigenvalue weighted by atomic mass is 10.2. The van der Waals surface area contributed by atoms with Gasteiger partial charge in [-0.1, -0.05) is 18.5 Å². The van der Waals surface area contributed by atoms with Gasteiger partial charge in [-0.3, -0.25) is 0 Å². The second-order valence-electron chi connectivity index (χ2n) is 3.48. The third kappa shape index (κ3) is 3.14. The fourth-order valence-electron chi connectivity index (χ4n) is 1.29. The highest BCUT2D eigenvalue weighted by Crippen LogP contribution is 2.27. The first-order valence-corrected chi connectivity index (χ1v) is 7.02. The Kier molecular flexibility index (Phi) is 4.31. The van der Waals surface area contributed by atoms with Crippen LogP contribution in [0, 0.1) is 0 Å². The highest BCUT2D eigenvalue weighted by atomic mass is 79.9. The highest BCUT2D eigenvalue weighted by molar-refractivity contribution is 9.10. The van der Waals surface area contributed by atoms with Crippen molar-refractivity contribution in [2.24, 2.45) is 0 Å². The lowest BCUT2D eigenvalue weighted by molar-refractivity contribution is 0.790. The summed E-state index contributed by atoms with van der Waals surface area (Å²) in [5.41, 5.74) is 0. The van der Waals surface area contributed by atoms with E-state index in [1.165, 1.54) is 6.33 Å². The Hall–Kier alpha value is -0.720. The molecule has 0 aliphatic heterocycles. The third-order valence-electron chi connectivity index (χ3n) is 2.20. The molecule has 2 rings (SSSR count). The van der Waals surface area contributed by atoms with Crippen LogP contribution in [-0.2, 0) is 0 Å². The minimum atomic E-state index is 0.329. The van der Waals surface area contributed by atoms with E-state index in [4.69, 9.17) is 11.6 Å². The van der Waals surface area contributed by atoms with E-state index in [9.17, 15) is 0 Å². The molecule has 2 heterocycles. The molecular weight excluding hydrogens is 324 g/mol. The number of thiazole rings is 1. The van der Waals surface area contributed by atoms with Crippen LogP contribution in [0.25, 0.3) is 0 Å². The van der Waals surface area contributed by atoms with Crippen LogP contribution in [0.1, 0.15) is 17.8 Å². The van der Waals surface area contributed by atoms with Gasteiger partial charge in [-0.2, -0.15) is 0 Å². The van der Waals surface area contributed by atoms with Crippen molar-refractivity contribution in [2.75, 3.05) is 11.9 Å². The summed E-state index contributed by atoms with van der Waals surface area (Å²) in [6, 6.07) is 0. The molecule has 4 nitrogen and oxygen atoms in total. The largest absolute Gasteiger partial charge is 0.368 e. The molecule has 0 spiro atoms.